The van der Waals surface area contributed by atoms with E-state index in [0.29, 0.717) is 10.9 Å². The lowest BCUT2D eigenvalue weighted by Crippen LogP contribution is -2.48. The van der Waals surface area contributed by atoms with E-state index >= 15 is 0 Å². The quantitative estimate of drug-likeness (QED) is 0.152. The van der Waals surface area contributed by atoms with Crippen LogP contribution in [0.1, 0.15) is 62.3 Å². The molecule has 0 unspecified atom stereocenters. The fourth-order valence-electron chi connectivity index (χ4n) is 5.02. The SMILES string of the molecule is CC(C)(C)OC(=O)N(CCN(C(=O)OC(C)(C)C)c1ccnc(-n2ccc3cc(N(CC(=O)O)S(=O)(=O)c4cc(Cl)cc(Cl)c4)ccc32)n1)C(=O)OC(C)(C)C. The number of imide groups is 1. The van der Waals surface area contributed by atoms with Crippen molar-refractivity contribution < 1.29 is 46.9 Å². The lowest BCUT2D eigenvalue weighted by atomic mass is 10.2. The van der Waals surface area contributed by atoms with Gasteiger partial charge < -0.3 is 19.3 Å². The third-order valence-electron chi connectivity index (χ3n) is 7.17. The average Bonchev–Trinajstić information content (AvgIpc) is 3.46. The molecule has 0 aliphatic heterocycles. The van der Waals surface area contributed by atoms with Crippen LogP contribution in [0.15, 0.2) is 65.8 Å². The van der Waals surface area contributed by atoms with Gasteiger partial charge in [0.1, 0.15) is 29.2 Å². The van der Waals surface area contributed by atoms with E-state index in [1.165, 1.54) is 42.6 Å². The number of sulfonamides is 1. The molecule has 19 heteroatoms. The number of carbonyl (C=O) groups excluding carboxylic acids is 3. The summed E-state index contributed by atoms with van der Waals surface area (Å²) in [5.41, 5.74) is -2.29. The molecule has 56 heavy (non-hydrogen) atoms. The number of nitrogens with zero attached hydrogens (tertiary/aromatic N) is 6. The van der Waals surface area contributed by atoms with Crippen LogP contribution in [-0.2, 0) is 29.0 Å². The van der Waals surface area contributed by atoms with Gasteiger partial charge in [-0.15, -0.1) is 0 Å². The van der Waals surface area contributed by atoms with E-state index in [0.717, 1.165) is 14.1 Å². The molecule has 2 aromatic carbocycles. The predicted molar refractivity (Wildman–Crippen MR) is 210 cm³/mol. The van der Waals surface area contributed by atoms with Crippen LogP contribution in [-0.4, -0.2) is 93.6 Å². The Morgan fingerprint density at radius 1 is 0.768 bits per heavy atom. The van der Waals surface area contributed by atoms with Crippen LogP contribution < -0.4 is 9.21 Å². The van der Waals surface area contributed by atoms with Crippen molar-refractivity contribution in [3.8, 4) is 5.95 Å². The number of halogens is 2. The van der Waals surface area contributed by atoms with Crippen LogP contribution in [0.25, 0.3) is 16.9 Å². The maximum Gasteiger partial charge on any atom is 0.419 e. The van der Waals surface area contributed by atoms with Crippen molar-refractivity contribution in [2.24, 2.45) is 0 Å². The fourth-order valence-corrected chi connectivity index (χ4v) is 7.15. The van der Waals surface area contributed by atoms with Crippen molar-refractivity contribution in [3.63, 3.8) is 0 Å². The van der Waals surface area contributed by atoms with E-state index in [9.17, 15) is 32.7 Å². The van der Waals surface area contributed by atoms with E-state index in [1.807, 2.05) is 0 Å². The highest BCUT2D eigenvalue weighted by atomic mass is 35.5. The van der Waals surface area contributed by atoms with Crippen molar-refractivity contribution in [1.29, 1.82) is 0 Å². The number of amides is 3. The van der Waals surface area contributed by atoms with E-state index in [4.69, 9.17) is 37.4 Å². The van der Waals surface area contributed by atoms with Gasteiger partial charge in [-0.1, -0.05) is 23.2 Å². The monoisotopic (exact) mass is 834 g/mol. The summed E-state index contributed by atoms with van der Waals surface area (Å²) >= 11 is 12.1. The zero-order chi connectivity index (χ0) is 42.0. The summed E-state index contributed by atoms with van der Waals surface area (Å²) in [6.07, 6.45) is 0.196. The molecule has 0 radical (unpaired) electrons. The third kappa shape index (κ3) is 11.5. The topological polar surface area (TPSA) is 191 Å². The number of carboxylic acids is 1. The van der Waals surface area contributed by atoms with Crippen molar-refractivity contribution in [1.82, 2.24) is 19.4 Å². The minimum absolute atomic E-state index is 0.0408. The second kappa shape index (κ2) is 16.5. The lowest BCUT2D eigenvalue weighted by Gasteiger charge is -2.31. The van der Waals surface area contributed by atoms with Gasteiger partial charge in [0.25, 0.3) is 10.0 Å². The largest absolute Gasteiger partial charge is 0.480 e. The van der Waals surface area contributed by atoms with Gasteiger partial charge in [0.05, 0.1) is 22.6 Å². The number of ether oxygens (including phenoxy) is 3. The summed E-state index contributed by atoms with van der Waals surface area (Å²) < 4.78 is 46.3. The Morgan fingerprint density at radius 2 is 1.32 bits per heavy atom. The molecule has 4 rings (SSSR count). The Balaban J connectivity index is 1.73. The molecule has 3 amide bonds. The summed E-state index contributed by atoms with van der Waals surface area (Å²) in [7, 11) is -4.44. The molecule has 0 saturated heterocycles. The van der Waals surface area contributed by atoms with Crippen LogP contribution in [0.3, 0.4) is 0 Å². The highest BCUT2D eigenvalue weighted by molar-refractivity contribution is 7.92. The third-order valence-corrected chi connectivity index (χ3v) is 9.36. The van der Waals surface area contributed by atoms with Crippen molar-refractivity contribution >= 4 is 79.9 Å². The van der Waals surface area contributed by atoms with E-state index in [-0.39, 0.29) is 45.5 Å². The Morgan fingerprint density at radius 3 is 1.86 bits per heavy atom. The van der Waals surface area contributed by atoms with Crippen LogP contribution in [0.4, 0.5) is 25.9 Å². The smallest absolute Gasteiger partial charge is 0.419 e. The molecule has 0 saturated carbocycles. The number of anilines is 2. The van der Waals surface area contributed by atoms with Gasteiger partial charge in [-0.05, 0) is 111 Å². The van der Waals surface area contributed by atoms with Crippen molar-refractivity contribution in [3.05, 3.63) is 71.0 Å². The van der Waals surface area contributed by atoms with Crippen LogP contribution in [0.2, 0.25) is 10.0 Å². The molecule has 0 spiro atoms. The summed E-state index contributed by atoms with van der Waals surface area (Å²) in [4.78, 5) is 62.5. The molecule has 16 nitrogen and oxygen atoms in total. The Hall–Kier alpha value is -5.13. The maximum atomic E-state index is 13.7. The first kappa shape index (κ1) is 43.6. The Kier molecular flexibility index (Phi) is 12.9. The molecule has 0 atom stereocenters. The number of aromatic nitrogens is 3. The predicted octanol–water partition coefficient (Wildman–Crippen LogP) is 7.92. The molecule has 0 aliphatic rings. The van der Waals surface area contributed by atoms with E-state index in [1.54, 1.807) is 85.2 Å². The van der Waals surface area contributed by atoms with Crippen LogP contribution in [0, 0.1) is 0 Å². The number of carboxylic acid groups (broad SMARTS) is 1. The zero-order valence-electron chi connectivity index (χ0n) is 32.4. The highest BCUT2D eigenvalue weighted by Crippen LogP contribution is 2.31. The Bertz CT molecular complexity index is 2200. The van der Waals surface area contributed by atoms with Gasteiger partial charge >= 0.3 is 24.2 Å². The number of hydrogen-bond acceptors (Lipinski definition) is 11. The van der Waals surface area contributed by atoms with Gasteiger partial charge in [-0.2, -0.15) is 4.98 Å². The minimum Gasteiger partial charge on any atom is -0.480 e. The normalized spacial score (nSPS) is 12.2. The molecular formula is C37H44Cl2N6O10S. The molecule has 0 aliphatic carbocycles. The average molecular weight is 836 g/mol. The first-order valence-corrected chi connectivity index (χ1v) is 19.3. The fraction of sp³-hybridized carbons (Fsp3) is 0.405. The maximum absolute atomic E-state index is 13.7. The number of fused-ring (bicyclic) bond motifs is 1. The molecule has 1 N–H and O–H groups in total. The van der Waals surface area contributed by atoms with Gasteiger partial charge in [-0.25, -0.2) is 32.7 Å². The summed E-state index contributed by atoms with van der Waals surface area (Å²) in [6.45, 7) is 13.3. The van der Waals surface area contributed by atoms with Gasteiger partial charge in [0.15, 0.2) is 0 Å². The number of aliphatic carboxylic acids is 1. The van der Waals surface area contributed by atoms with Crippen LogP contribution in [0.5, 0.6) is 0 Å². The van der Waals surface area contributed by atoms with Gasteiger partial charge in [0.2, 0.25) is 5.95 Å². The van der Waals surface area contributed by atoms with Gasteiger partial charge in [-0.3, -0.25) is 18.6 Å². The molecule has 0 fully saturated rings. The molecular weight excluding hydrogens is 791 g/mol. The van der Waals surface area contributed by atoms with Crippen LogP contribution >= 0.6 is 23.2 Å². The summed E-state index contributed by atoms with van der Waals surface area (Å²) in [6, 6.07) is 11.2. The zero-order valence-corrected chi connectivity index (χ0v) is 34.7. The number of carbonyl (C=O) groups is 4. The van der Waals surface area contributed by atoms with E-state index in [2.05, 4.69) is 9.97 Å². The lowest BCUT2D eigenvalue weighted by molar-refractivity contribution is -0.135. The molecule has 4 aromatic rings. The minimum atomic E-state index is -4.44. The van der Waals surface area contributed by atoms with Crippen molar-refractivity contribution in [2.45, 2.75) is 84.0 Å². The van der Waals surface area contributed by atoms with E-state index < -0.39 is 57.6 Å². The second-order valence-electron chi connectivity index (χ2n) is 15.4. The van der Waals surface area contributed by atoms with Gasteiger partial charge in [0, 0.05) is 34.4 Å². The standard InChI is InChI=1S/C37H44Cl2N6O10S/c1-35(2,3)53-32(48)43(16-17-44(33(49)54-36(4,5)6)34(50)55-37(7,8)9)29-12-14-40-31(41-29)42-15-13-23-18-26(10-11-28(23)42)45(22-30(46)47)56(51,52)27-20-24(38)19-25(39)21-27/h10-15,18-21H,16-17,22H2,1-9H3,(H,46,47). The summed E-state index contributed by atoms with van der Waals surface area (Å²) in [5.74, 6) is -1.27. The number of rotatable bonds is 10. The van der Waals surface area contributed by atoms with Crippen molar-refractivity contribution in [2.75, 3.05) is 28.8 Å². The number of hydrogen-bond donors (Lipinski definition) is 1. The highest BCUT2D eigenvalue weighted by Gasteiger charge is 2.34. The molecule has 302 valence electrons. The first-order valence-electron chi connectivity index (χ1n) is 17.1. The molecule has 0 bridgehead atoms. The number of benzene rings is 2. The Labute approximate surface area is 334 Å². The first-order chi connectivity index (χ1) is 25.7. The molecule has 2 heterocycles. The summed E-state index contributed by atoms with van der Waals surface area (Å²) in [5, 5.41) is 10.2. The second-order valence-corrected chi connectivity index (χ2v) is 18.1. The molecule has 2 aromatic heterocycles.